The molecular weight excluding hydrogens is 612 g/mol. The van der Waals surface area contributed by atoms with Crippen molar-refractivity contribution in [3.8, 4) is 34.5 Å². The minimum atomic E-state index is 0.423. The van der Waals surface area contributed by atoms with Crippen molar-refractivity contribution in [2.24, 2.45) is 21.8 Å². The molecule has 0 aromatic heterocycles. The highest BCUT2D eigenvalue weighted by atomic mass is 16.5. The summed E-state index contributed by atoms with van der Waals surface area (Å²) in [6, 6.07) is 30.8. The quantitative estimate of drug-likeness (QED) is 0.112. The van der Waals surface area contributed by atoms with Gasteiger partial charge in [-0.05, 0) is 137 Å². The Labute approximate surface area is 291 Å². The van der Waals surface area contributed by atoms with E-state index in [4.69, 9.17) is 33.7 Å². The van der Waals surface area contributed by atoms with Crippen molar-refractivity contribution in [3.05, 3.63) is 97.1 Å². The summed E-state index contributed by atoms with van der Waals surface area (Å²) in [5.41, 5.74) is 1.76. The second-order valence-corrected chi connectivity index (χ2v) is 12.7. The van der Waals surface area contributed by atoms with Crippen LogP contribution in [0.1, 0.15) is 78.1 Å². The second kappa shape index (κ2) is 17.6. The first-order chi connectivity index (χ1) is 24.1. The number of nitrogens with zero attached hydrogens (tertiary/aromatic N) is 2. The first-order valence-corrected chi connectivity index (χ1v) is 18.0. The Morgan fingerprint density at radius 3 is 0.959 bits per heavy atom. The normalized spacial score (nSPS) is 16.2. The lowest BCUT2D eigenvalue weighted by atomic mass is 9.89. The molecule has 0 amide bonds. The van der Waals surface area contributed by atoms with Gasteiger partial charge in [0.1, 0.15) is 34.5 Å². The monoisotopic (exact) mass is 660 g/mol. The Bertz CT molecular complexity index is 1510. The van der Waals surface area contributed by atoms with Crippen molar-refractivity contribution < 1.29 is 23.7 Å². The maximum absolute atomic E-state index is 6.08. The molecule has 4 aromatic rings. The maximum atomic E-state index is 6.08. The predicted molar refractivity (Wildman–Crippen MR) is 197 cm³/mol. The SMILES string of the molecule is CCO/C(=N\c1ccc(Oc2ccc(Oc3ccc(Oc4ccc(/N=C(\OCC)C5CCCCC5)cc4)cc3)cc2)cc1)C1CCCCC1. The largest absolute Gasteiger partial charge is 0.481 e. The topological polar surface area (TPSA) is 70.9 Å². The van der Waals surface area contributed by atoms with Gasteiger partial charge in [0.15, 0.2) is 11.8 Å². The molecule has 0 radical (unpaired) electrons. The molecule has 4 aromatic carbocycles. The van der Waals surface area contributed by atoms with Crippen molar-refractivity contribution in [3.63, 3.8) is 0 Å². The minimum Gasteiger partial charge on any atom is -0.481 e. The van der Waals surface area contributed by atoms with Gasteiger partial charge in [-0.1, -0.05) is 38.5 Å². The van der Waals surface area contributed by atoms with Gasteiger partial charge in [-0.15, -0.1) is 0 Å². The standard InChI is InChI=1S/C42H48N2O5/c1-3-45-41(31-11-7-5-8-12-31)43-33-15-19-35(20-16-33)47-37-23-27-39(28-24-37)49-40-29-25-38(26-30-40)48-36-21-17-34(18-22-36)44-42(46-4-2)32-13-9-6-10-14-32/h15-32H,3-14H2,1-2H3/b43-41-,44-42-. The molecule has 2 aliphatic carbocycles. The number of rotatable bonds is 12. The van der Waals surface area contributed by atoms with Crippen molar-refractivity contribution in [1.29, 1.82) is 0 Å². The molecule has 49 heavy (non-hydrogen) atoms. The zero-order valence-electron chi connectivity index (χ0n) is 28.8. The molecular formula is C42H48N2O5. The average Bonchev–Trinajstić information content (AvgIpc) is 3.15. The predicted octanol–water partition coefficient (Wildman–Crippen LogP) is 12.4. The Kier molecular flexibility index (Phi) is 12.2. The lowest BCUT2D eigenvalue weighted by Crippen LogP contribution is -2.20. The number of aliphatic imine (C=N–C) groups is 2. The van der Waals surface area contributed by atoms with E-state index in [1.807, 2.05) is 111 Å². The number of hydrogen-bond acceptors (Lipinski definition) is 7. The van der Waals surface area contributed by atoms with Crippen LogP contribution in [0.5, 0.6) is 34.5 Å². The summed E-state index contributed by atoms with van der Waals surface area (Å²) in [7, 11) is 0. The smallest absolute Gasteiger partial charge is 0.191 e. The Hall–Kier alpha value is -4.78. The summed E-state index contributed by atoms with van der Waals surface area (Å²) < 4.78 is 30.1. The van der Waals surface area contributed by atoms with Crippen LogP contribution in [-0.4, -0.2) is 25.0 Å². The van der Waals surface area contributed by atoms with Crippen LogP contribution in [0.4, 0.5) is 11.4 Å². The fraction of sp³-hybridized carbons (Fsp3) is 0.381. The van der Waals surface area contributed by atoms with Gasteiger partial charge in [-0.2, -0.15) is 0 Å². The third-order valence-corrected chi connectivity index (χ3v) is 9.00. The molecule has 2 fully saturated rings. The number of ether oxygens (including phenoxy) is 5. The van der Waals surface area contributed by atoms with Crippen LogP contribution >= 0.6 is 0 Å². The molecule has 7 nitrogen and oxygen atoms in total. The van der Waals surface area contributed by atoms with Crippen LogP contribution < -0.4 is 14.2 Å². The van der Waals surface area contributed by atoms with E-state index in [1.54, 1.807) is 0 Å². The van der Waals surface area contributed by atoms with Gasteiger partial charge in [0.25, 0.3) is 0 Å². The van der Waals surface area contributed by atoms with Gasteiger partial charge < -0.3 is 23.7 Å². The lowest BCUT2D eigenvalue weighted by molar-refractivity contribution is 0.279. The minimum absolute atomic E-state index is 0.423. The van der Waals surface area contributed by atoms with Crippen LogP contribution in [0.2, 0.25) is 0 Å². The Morgan fingerprint density at radius 1 is 0.429 bits per heavy atom. The fourth-order valence-corrected chi connectivity index (χ4v) is 6.47. The second-order valence-electron chi connectivity index (χ2n) is 12.7. The van der Waals surface area contributed by atoms with E-state index in [2.05, 4.69) is 0 Å². The molecule has 2 saturated carbocycles. The molecule has 0 heterocycles. The average molecular weight is 661 g/mol. The molecule has 6 rings (SSSR count). The van der Waals surface area contributed by atoms with Crippen molar-refractivity contribution in [2.75, 3.05) is 13.2 Å². The van der Waals surface area contributed by atoms with Gasteiger partial charge >= 0.3 is 0 Å². The van der Waals surface area contributed by atoms with Gasteiger partial charge in [0, 0.05) is 11.8 Å². The summed E-state index contributed by atoms with van der Waals surface area (Å²) in [4.78, 5) is 9.67. The lowest BCUT2D eigenvalue weighted by Gasteiger charge is -2.23. The molecule has 0 aliphatic heterocycles. The van der Waals surface area contributed by atoms with Crippen LogP contribution in [0.3, 0.4) is 0 Å². The molecule has 0 saturated heterocycles. The molecule has 7 heteroatoms. The van der Waals surface area contributed by atoms with Crippen LogP contribution in [-0.2, 0) is 9.47 Å². The highest BCUT2D eigenvalue weighted by molar-refractivity contribution is 5.82. The fourth-order valence-electron chi connectivity index (χ4n) is 6.47. The Balaban J connectivity index is 0.996. The molecule has 0 bridgehead atoms. The molecule has 0 atom stereocenters. The summed E-state index contributed by atoms with van der Waals surface area (Å²) in [5, 5.41) is 0. The maximum Gasteiger partial charge on any atom is 0.191 e. The summed E-state index contributed by atoms with van der Waals surface area (Å²) in [5.74, 6) is 6.95. The van der Waals surface area contributed by atoms with E-state index in [0.29, 0.717) is 36.5 Å². The number of hydrogen-bond donors (Lipinski definition) is 0. The van der Waals surface area contributed by atoms with Gasteiger partial charge in [0.05, 0.1) is 24.6 Å². The molecule has 0 unspecified atom stereocenters. The summed E-state index contributed by atoms with van der Waals surface area (Å²) >= 11 is 0. The van der Waals surface area contributed by atoms with Crippen LogP contribution in [0.25, 0.3) is 0 Å². The van der Waals surface area contributed by atoms with Gasteiger partial charge in [0.2, 0.25) is 0 Å². The van der Waals surface area contributed by atoms with Crippen LogP contribution in [0, 0.1) is 11.8 Å². The summed E-state index contributed by atoms with van der Waals surface area (Å²) in [6.45, 7) is 5.31. The highest BCUT2D eigenvalue weighted by Crippen LogP contribution is 2.32. The summed E-state index contributed by atoms with van der Waals surface area (Å²) in [6.07, 6.45) is 12.2. The zero-order chi connectivity index (χ0) is 33.7. The van der Waals surface area contributed by atoms with E-state index >= 15 is 0 Å². The highest BCUT2D eigenvalue weighted by Gasteiger charge is 2.21. The van der Waals surface area contributed by atoms with Gasteiger partial charge in [-0.3, -0.25) is 0 Å². The Morgan fingerprint density at radius 2 is 0.694 bits per heavy atom. The third kappa shape index (κ3) is 10.1. The molecule has 2 aliphatic rings. The third-order valence-electron chi connectivity index (χ3n) is 9.00. The van der Waals surface area contributed by atoms with Crippen molar-refractivity contribution in [1.82, 2.24) is 0 Å². The van der Waals surface area contributed by atoms with Crippen molar-refractivity contribution in [2.45, 2.75) is 78.1 Å². The molecule has 0 spiro atoms. The van der Waals surface area contributed by atoms with E-state index < -0.39 is 0 Å². The van der Waals surface area contributed by atoms with Crippen molar-refractivity contribution >= 4 is 23.2 Å². The van der Waals surface area contributed by atoms with E-state index in [9.17, 15) is 0 Å². The van der Waals surface area contributed by atoms with E-state index in [0.717, 1.165) is 71.9 Å². The van der Waals surface area contributed by atoms with Gasteiger partial charge in [-0.25, -0.2) is 9.98 Å². The molecule has 0 N–H and O–H groups in total. The number of benzene rings is 4. The van der Waals surface area contributed by atoms with Crippen LogP contribution in [0.15, 0.2) is 107 Å². The van der Waals surface area contributed by atoms with E-state index in [1.165, 1.54) is 38.5 Å². The zero-order valence-corrected chi connectivity index (χ0v) is 28.8. The first kappa shape index (κ1) is 34.1. The first-order valence-electron chi connectivity index (χ1n) is 18.0. The molecule has 256 valence electrons. The van der Waals surface area contributed by atoms with E-state index in [-0.39, 0.29) is 0 Å².